The molecular weight excluding hydrogens is 464 g/mol. The molecule has 10 heteroatoms. The van der Waals surface area contributed by atoms with Crippen molar-refractivity contribution in [3.05, 3.63) is 46.1 Å². The number of hydrogen-bond donors (Lipinski definition) is 2. The van der Waals surface area contributed by atoms with Gasteiger partial charge in [-0.05, 0) is 45.4 Å². The number of carbonyl (C=O) groups is 2. The molecule has 2 N–H and O–H groups in total. The van der Waals surface area contributed by atoms with Crippen LogP contribution in [-0.2, 0) is 28.5 Å². The van der Waals surface area contributed by atoms with E-state index in [-0.39, 0.29) is 44.1 Å². The molecule has 34 heavy (non-hydrogen) atoms. The number of nitrogens with one attached hydrogen (secondary N) is 1. The van der Waals surface area contributed by atoms with Gasteiger partial charge in [0.15, 0.2) is 0 Å². The normalized spacial score (nSPS) is 22.2. The smallest absolute Gasteiger partial charge is 0.336 e. The largest absolute Gasteiger partial charge is 0.466 e. The molecule has 9 nitrogen and oxygen atoms in total. The number of esters is 2. The zero-order chi connectivity index (χ0) is 25.3. The summed E-state index contributed by atoms with van der Waals surface area (Å²) in [7, 11) is 0. The van der Waals surface area contributed by atoms with Crippen LogP contribution in [0.2, 0.25) is 5.02 Å². The molecule has 0 fully saturated rings. The number of aliphatic hydroxyl groups is 1. The lowest BCUT2D eigenvalue weighted by molar-refractivity contribution is -0.266. The zero-order valence-electron chi connectivity index (χ0n) is 19.8. The van der Waals surface area contributed by atoms with Crippen molar-refractivity contribution in [1.29, 1.82) is 5.26 Å². The van der Waals surface area contributed by atoms with E-state index in [1.54, 1.807) is 52.0 Å². The lowest BCUT2D eigenvalue weighted by Crippen LogP contribution is -2.66. The van der Waals surface area contributed by atoms with Crippen molar-refractivity contribution in [3.8, 4) is 6.07 Å². The van der Waals surface area contributed by atoms with Crippen LogP contribution < -0.4 is 5.32 Å². The van der Waals surface area contributed by atoms with Gasteiger partial charge in [0, 0.05) is 29.9 Å². The lowest BCUT2D eigenvalue weighted by atomic mass is 9.71. The molecule has 3 atom stereocenters. The van der Waals surface area contributed by atoms with Gasteiger partial charge in [-0.25, -0.2) is 4.79 Å². The second kappa shape index (κ2) is 12.7. The van der Waals surface area contributed by atoms with Crippen LogP contribution in [0.4, 0.5) is 0 Å². The van der Waals surface area contributed by atoms with Crippen LogP contribution in [0.3, 0.4) is 0 Å². The molecule has 1 aliphatic rings. The summed E-state index contributed by atoms with van der Waals surface area (Å²) >= 11 is 6.24. The molecule has 0 spiro atoms. The van der Waals surface area contributed by atoms with E-state index in [1.165, 1.54) is 0 Å². The second-order valence-corrected chi connectivity index (χ2v) is 7.97. The Morgan fingerprint density at radius 3 is 2.44 bits per heavy atom. The van der Waals surface area contributed by atoms with Crippen LogP contribution in [0.1, 0.15) is 45.6 Å². The Bertz CT molecular complexity index is 939. The molecule has 186 valence electrons. The summed E-state index contributed by atoms with van der Waals surface area (Å²) < 4.78 is 22.0. The molecule has 1 heterocycles. The fraction of sp³-hybridized carbons (Fsp3) is 0.542. The first kappa shape index (κ1) is 27.6. The van der Waals surface area contributed by atoms with Crippen molar-refractivity contribution in [2.24, 2.45) is 5.92 Å². The van der Waals surface area contributed by atoms with Crippen molar-refractivity contribution >= 4 is 23.5 Å². The minimum absolute atomic E-state index is 0.00925. The summed E-state index contributed by atoms with van der Waals surface area (Å²) in [5.41, 5.74) is -1.23. The standard InChI is InChI=1S/C24H31ClN2O7/c1-5-31-22(29)20-19(16-10-8-11-17(25)14-16)18(21(28)34-13-9-12-26)15(4)27-24(20,30)23(32-6-2)33-7-3/h8,10-11,14,19-20,23,27,30H,5-7,9,13H2,1-4H3/t19-,20-,24-/m0/s1. The Labute approximate surface area is 204 Å². The molecule has 0 radical (unpaired) electrons. The predicted octanol–water partition coefficient (Wildman–Crippen LogP) is 3.02. The van der Waals surface area contributed by atoms with Gasteiger partial charge in [-0.2, -0.15) is 5.26 Å². The first-order chi connectivity index (χ1) is 16.2. The number of allylic oxidation sites excluding steroid dienone is 1. The number of ether oxygens (including phenoxy) is 4. The van der Waals surface area contributed by atoms with E-state index in [2.05, 4.69) is 5.32 Å². The summed E-state index contributed by atoms with van der Waals surface area (Å²) in [5.74, 6) is -3.87. The Kier molecular flexibility index (Phi) is 10.3. The van der Waals surface area contributed by atoms with E-state index < -0.39 is 35.8 Å². The SMILES string of the molecule is CCOC(=O)[C@@H]1[C@@H](c2cccc(Cl)c2)C(C(=O)OCCC#N)=C(C)N[C@@]1(O)C(OCC)OCC. The van der Waals surface area contributed by atoms with Crippen LogP contribution in [0.25, 0.3) is 0 Å². The van der Waals surface area contributed by atoms with Gasteiger partial charge in [0.1, 0.15) is 12.5 Å². The molecule has 0 amide bonds. The molecule has 0 aliphatic carbocycles. The van der Waals surface area contributed by atoms with Gasteiger partial charge in [-0.1, -0.05) is 23.7 Å². The molecule has 0 unspecified atom stereocenters. The van der Waals surface area contributed by atoms with Gasteiger partial charge in [-0.3, -0.25) is 4.79 Å². The Hall–Kier alpha value is -2.64. The van der Waals surface area contributed by atoms with Crippen molar-refractivity contribution in [2.75, 3.05) is 26.4 Å². The van der Waals surface area contributed by atoms with Crippen LogP contribution in [-0.4, -0.2) is 55.5 Å². The molecule has 0 bridgehead atoms. The van der Waals surface area contributed by atoms with Crippen LogP contribution >= 0.6 is 11.6 Å². The number of benzene rings is 1. The molecule has 2 rings (SSSR count). The van der Waals surface area contributed by atoms with Crippen molar-refractivity contribution < 1.29 is 33.6 Å². The number of carbonyl (C=O) groups excluding carboxylic acids is 2. The molecular formula is C24H31ClN2O7. The first-order valence-corrected chi connectivity index (χ1v) is 11.5. The van der Waals surface area contributed by atoms with Crippen molar-refractivity contribution in [2.45, 2.75) is 52.0 Å². The molecule has 1 aromatic carbocycles. The van der Waals surface area contributed by atoms with Gasteiger partial charge in [0.2, 0.25) is 12.0 Å². The molecule has 0 saturated carbocycles. The summed E-state index contributed by atoms with van der Waals surface area (Å²) in [5, 5.41) is 24.0. The lowest BCUT2D eigenvalue weighted by Gasteiger charge is -2.47. The van der Waals surface area contributed by atoms with Crippen LogP contribution in [0, 0.1) is 17.2 Å². The summed E-state index contributed by atoms with van der Waals surface area (Å²) in [6, 6.07) is 8.55. The quantitative estimate of drug-likeness (QED) is 0.271. The first-order valence-electron chi connectivity index (χ1n) is 11.2. The van der Waals surface area contributed by atoms with E-state index in [4.69, 9.17) is 35.8 Å². The number of rotatable bonds is 11. The number of halogens is 1. The van der Waals surface area contributed by atoms with Crippen LogP contribution in [0.15, 0.2) is 35.5 Å². The van der Waals surface area contributed by atoms with Crippen molar-refractivity contribution in [1.82, 2.24) is 5.32 Å². The van der Waals surface area contributed by atoms with E-state index >= 15 is 0 Å². The van der Waals surface area contributed by atoms with Gasteiger partial charge < -0.3 is 29.4 Å². The van der Waals surface area contributed by atoms with E-state index in [9.17, 15) is 14.7 Å². The van der Waals surface area contributed by atoms with Crippen molar-refractivity contribution in [3.63, 3.8) is 0 Å². The summed E-state index contributed by atoms with van der Waals surface area (Å²) in [6.07, 6.45) is -1.25. The maximum absolute atomic E-state index is 13.3. The maximum atomic E-state index is 13.3. The molecule has 1 aliphatic heterocycles. The fourth-order valence-electron chi connectivity index (χ4n) is 4.06. The van der Waals surface area contributed by atoms with Gasteiger partial charge in [0.05, 0.1) is 24.7 Å². The highest BCUT2D eigenvalue weighted by atomic mass is 35.5. The summed E-state index contributed by atoms with van der Waals surface area (Å²) in [6.45, 7) is 6.99. The molecule has 0 saturated heterocycles. The van der Waals surface area contributed by atoms with E-state index in [0.717, 1.165) is 0 Å². The Morgan fingerprint density at radius 1 is 1.21 bits per heavy atom. The third-order valence-corrected chi connectivity index (χ3v) is 5.56. The van der Waals surface area contributed by atoms with Gasteiger partial charge in [-0.15, -0.1) is 0 Å². The second-order valence-electron chi connectivity index (χ2n) is 7.54. The molecule has 0 aromatic heterocycles. The monoisotopic (exact) mass is 494 g/mol. The highest BCUT2D eigenvalue weighted by Gasteiger charge is 2.58. The minimum Gasteiger partial charge on any atom is -0.466 e. The van der Waals surface area contributed by atoms with Gasteiger partial charge in [0.25, 0.3) is 0 Å². The van der Waals surface area contributed by atoms with E-state index in [0.29, 0.717) is 10.6 Å². The molecule has 1 aromatic rings. The average molecular weight is 495 g/mol. The van der Waals surface area contributed by atoms with E-state index in [1.807, 2.05) is 6.07 Å². The topological polar surface area (TPSA) is 127 Å². The Balaban J connectivity index is 2.76. The highest BCUT2D eigenvalue weighted by Crippen LogP contribution is 2.46. The summed E-state index contributed by atoms with van der Waals surface area (Å²) in [4.78, 5) is 26.5. The predicted molar refractivity (Wildman–Crippen MR) is 123 cm³/mol. The number of nitriles is 1. The van der Waals surface area contributed by atoms with Gasteiger partial charge >= 0.3 is 11.9 Å². The average Bonchev–Trinajstić information content (AvgIpc) is 2.78. The third-order valence-electron chi connectivity index (χ3n) is 5.32. The Morgan fingerprint density at radius 2 is 1.88 bits per heavy atom. The maximum Gasteiger partial charge on any atom is 0.336 e. The highest BCUT2D eigenvalue weighted by molar-refractivity contribution is 6.30. The number of nitrogens with zero attached hydrogens (tertiary/aromatic N) is 1. The van der Waals surface area contributed by atoms with Crippen LogP contribution in [0.5, 0.6) is 0 Å². The fourth-order valence-corrected chi connectivity index (χ4v) is 4.26. The third kappa shape index (κ3) is 6.07. The zero-order valence-corrected chi connectivity index (χ0v) is 20.6. The minimum atomic E-state index is -2.09. The number of hydrogen-bond acceptors (Lipinski definition) is 9.